The summed E-state index contributed by atoms with van der Waals surface area (Å²) in [6, 6.07) is 4.16. The minimum atomic E-state index is 0.803. The number of hydrogen-bond acceptors (Lipinski definition) is 5. The van der Waals surface area contributed by atoms with Gasteiger partial charge >= 0.3 is 0 Å². The second kappa shape index (κ2) is 5.99. The van der Waals surface area contributed by atoms with Gasteiger partial charge in [0, 0.05) is 57.7 Å². The maximum atomic E-state index is 5.15. The Bertz CT molecular complexity index is 616. The summed E-state index contributed by atoms with van der Waals surface area (Å²) >= 11 is 0. The van der Waals surface area contributed by atoms with Gasteiger partial charge in [-0.05, 0) is 13.8 Å². The normalized spacial score (nSPS) is 16.8. The second-order valence-electron chi connectivity index (χ2n) is 5.63. The first-order chi connectivity index (χ1) is 10.2. The number of piperazine rings is 1. The first kappa shape index (κ1) is 14.3. The third-order valence-corrected chi connectivity index (χ3v) is 3.97. The van der Waals surface area contributed by atoms with Crippen molar-refractivity contribution in [1.82, 2.24) is 19.5 Å². The fourth-order valence-corrected chi connectivity index (χ4v) is 2.84. The van der Waals surface area contributed by atoms with E-state index in [0.717, 1.165) is 62.2 Å². The molecular weight excluding hydrogens is 266 g/mol. The molecular formula is C15H23N5O. The Morgan fingerprint density at radius 3 is 2.57 bits per heavy atom. The minimum absolute atomic E-state index is 0.803. The molecule has 2 aromatic heterocycles. The Morgan fingerprint density at radius 1 is 1.10 bits per heavy atom. The highest BCUT2D eigenvalue weighted by Crippen LogP contribution is 2.19. The van der Waals surface area contributed by atoms with E-state index in [2.05, 4.69) is 25.9 Å². The van der Waals surface area contributed by atoms with Crippen LogP contribution in [0, 0.1) is 13.8 Å². The molecule has 0 saturated carbocycles. The summed E-state index contributed by atoms with van der Waals surface area (Å²) in [6.45, 7) is 10.0. The summed E-state index contributed by atoms with van der Waals surface area (Å²) in [5, 5.41) is 4.58. The average molecular weight is 289 g/mol. The van der Waals surface area contributed by atoms with Crippen LogP contribution in [0.2, 0.25) is 0 Å². The fraction of sp³-hybridized carbons (Fsp3) is 0.600. The van der Waals surface area contributed by atoms with Gasteiger partial charge in [-0.3, -0.25) is 4.90 Å². The van der Waals surface area contributed by atoms with Gasteiger partial charge in [-0.1, -0.05) is 0 Å². The van der Waals surface area contributed by atoms with Crippen LogP contribution in [0.1, 0.15) is 11.4 Å². The number of nitrogens with zero attached hydrogens (tertiary/aromatic N) is 5. The van der Waals surface area contributed by atoms with Crippen LogP contribution in [-0.4, -0.2) is 65.9 Å². The summed E-state index contributed by atoms with van der Waals surface area (Å²) in [4.78, 5) is 9.40. The smallest absolute Gasteiger partial charge is 0.157 e. The van der Waals surface area contributed by atoms with Crippen LogP contribution in [-0.2, 0) is 4.74 Å². The Morgan fingerprint density at radius 2 is 1.86 bits per heavy atom. The van der Waals surface area contributed by atoms with Gasteiger partial charge in [0.1, 0.15) is 5.82 Å². The van der Waals surface area contributed by atoms with Crippen molar-refractivity contribution >= 4 is 11.5 Å². The number of aryl methyl sites for hydroxylation is 2. The van der Waals surface area contributed by atoms with Gasteiger partial charge in [-0.15, -0.1) is 0 Å². The lowest BCUT2D eigenvalue weighted by Crippen LogP contribution is -2.47. The zero-order chi connectivity index (χ0) is 14.8. The average Bonchev–Trinajstić information content (AvgIpc) is 2.85. The van der Waals surface area contributed by atoms with E-state index in [1.807, 2.05) is 24.4 Å². The SMILES string of the molecule is COCCN1CCN(c2cc(C)nc3cc(C)nn23)CC1. The van der Waals surface area contributed by atoms with Gasteiger partial charge in [-0.25, -0.2) is 4.98 Å². The number of methoxy groups -OCH3 is 1. The van der Waals surface area contributed by atoms with Crippen molar-refractivity contribution in [1.29, 1.82) is 0 Å². The van der Waals surface area contributed by atoms with Crippen LogP contribution in [0.5, 0.6) is 0 Å². The van der Waals surface area contributed by atoms with Crippen LogP contribution in [0.25, 0.3) is 5.65 Å². The van der Waals surface area contributed by atoms with Gasteiger partial charge in [0.25, 0.3) is 0 Å². The van der Waals surface area contributed by atoms with Crippen LogP contribution < -0.4 is 4.90 Å². The Kier molecular flexibility index (Phi) is 4.07. The highest BCUT2D eigenvalue weighted by Gasteiger charge is 2.19. The van der Waals surface area contributed by atoms with E-state index in [0.29, 0.717) is 0 Å². The zero-order valence-corrected chi connectivity index (χ0v) is 13.0. The number of rotatable bonds is 4. The second-order valence-corrected chi connectivity index (χ2v) is 5.63. The first-order valence-electron chi connectivity index (χ1n) is 7.47. The minimum Gasteiger partial charge on any atom is -0.383 e. The van der Waals surface area contributed by atoms with Gasteiger partial charge in [0.15, 0.2) is 5.65 Å². The predicted molar refractivity (Wildman–Crippen MR) is 83.0 cm³/mol. The molecule has 1 saturated heterocycles. The molecule has 0 radical (unpaired) electrons. The van der Waals surface area contributed by atoms with Crippen molar-refractivity contribution in [3.05, 3.63) is 23.5 Å². The van der Waals surface area contributed by atoms with Gasteiger partial charge in [-0.2, -0.15) is 9.61 Å². The van der Waals surface area contributed by atoms with Crippen molar-refractivity contribution in [3.8, 4) is 0 Å². The predicted octanol–water partition coefficient (Wildman–Crippen LogP) is 1.11. The molecule has 0 bridgehead atoms. The van der Waals surface area contributed by atoms with E-state index >= 15 is 0 Å². The van der Waals surface area contributed by atoms with Crippen LogP contribution in [0.4, 0.5) is 5.82 Å². The largest absolute Gasteiger partial charge is 0.383 e. The summed E-state index contributed by atoms with van der Waals surface area (Å²) in [5.74, 6) is 1.15. The summed E-state index contributed by atoms with van der Waals surface area (Å²) < 4.78 is 7.12. The molecule has 1 aliphatic rings. The van der Waals surface area contributed by atoms with Crippen molar-refractivity contribution in [2.45, 2.75) is 13.8 Å². The number of aromatic nitrogens is 3. The van der Waals surface area contributed by atoms with E-state index in [1.165, 1.54) is 0 Å². The van der Waals surface area contributed by atoms with Gasteiger partial charge < -0.3 is 9.64 Å². The lowest BCUT2D eigenvalue weighted by atomic mass is 10.3. The molecule has 114 valence electrons. The molecule has 3 heterocycles. The molecule has 6 nitrogen and oxygen atoms in total. The van der Waals surface area contributed by atoms with Crippen LogP contribution >= 0.6 is 0 Å². The van der Waals surface area contributed by atoms with Crippen molar-refractivity contribution < 1.29 is 4.74 Å². The lowest BCUT2D eigenvalue weighted by Gasteiger charge is -2.35. The summed E-state index contributed by atoms with van der Waals surface area (Å²) in [7, 11) is 1.76. The lowest BCUT2D eigenvalue weighted by molar-refractivity contribution is 0.144. The molecule has 1 aliphatic heterocycles. The van der Waals surface area contributed by atoms with Gasteiger partial charge in [0.2, 0.25) is 0 Å². The molecule has 0 aliphatic carbocycles. The monoisotopic (exact) mass is 289 g/mol. The fourth-order valence-electron chi connectivity index (χ4n) is 2.84. The van der Waals surface area contributed by atoms with E-state index < -0.39 is 0 Å². The summed E-state index contributed by atoms with van der Waals surface area (Å²) in [5.41, 5.74) is 2.98. The number of fused-ring (bicyclic) bond motifs is 1. The maximum Gasteiger partial charge on any atom is 0.157 e. The molecule has 0 aromatic carbocycles. The van der Waals surface area contributed by atoms with Crippen LogP contribution in [0.3, 0.4) is 0 Å². The molecule has 0 amide bonds. The number of hydrogen-bond donors (Lipinski definition) is 0. The molecule has 0 atom stereocenters. The first-order valence-corrected chi connectivity index (χ1v) is 7.47. The van der Waals surface area contributed by atoms with Crippen molar-refractivity contribution in [2.24, 2.45) is 0 Å². The van der Waals surface area contributed by atoms with Gasteiger partial charge in [0.05, 0.1) is 12.3 Å². The summed E-state index contributed by atoms with van der Waals surface area (Å²) in [6.07, 6.45) is 0. The molecule has 0 spiro atoms. The number of ether oxygens (including phenoxy) is 1. The molecule has 0 N–H and O–H groups in total. The molecule has 2 aromatic rings. The third kappa shape index (κ3) is 3.01. The van der Waals surface area contributed by atoms with Crippen molar-refractivity contribution in [2.75, 3.05) is 51.3 Å². The highest BCUT2D eigenvalue weighted by atomic mass is 16.5. The molecule has 0 unspecified atom stereocenters. The molecule has 21 heavy (non-hydrogen) atoms. The Labute approximate surface area is 125 Å². The molecule has 6 heteroatoms. The standard InChI is InChI=1S/C15H23N5O/c1-12-11-15(20-14(16-12)10-13(2)17-20)19-6-4-18(5-7-19)8-9-21-3/h10-11H,4-9H2,1-3H3. The van der Waals surface area contributed by atoms with Crippen molar-refractivity contribution in [3.63, 3.8) is 0 Å². The Hall–Kier alpha value is -1.66. The Balaban J connectivity index is 1.79. The number of anilines is 1. The van der Waals surface area contributed by atoms with E-state index in [-0.39, 0.29) is 0 Å². The van der Waals surface area contributed by atoms with Crippen LogP contribution in [0.15, 0.2) is 12.1 Å². The third-order valence-electron chi connectivity index (χ3n) is 3.97. The van der Waals surface area contributed by atoms with E-state index in [4.69, 9.17) is 4.74 Å². The van der Waals surface area contributed by atoms with E-state index in [9.17, 15) is 0 Å². The maximum absolute atomic E-state index is 5.15. The molecule has 1 fully saturated rings. The van der Waals surface area contributed by atoms with E-state index in [1.54, 1.807) is 7.11 Å². The quantitative estimate of drug-likeness (QED) is 0.844. The molecule has 3 rings (SSSR count). The highest BCUT2D eigenvalue weighted by molar-refractivity contribution is 5.52. The zero-order valence-electron chi connectivity index (χ0n) is 13.0. The topological polar surface area (TPSA) is 45.9 Å².